The number of aromatic nitrogens is 3. The zero-order chi connectivity index (χ0) is 18.8. The Kier molecular flexibility index (Phi) is 5.41. The molecular weight excluding hydrogens is 371 g/mol. The van der Waals surface area contributed by atoms with E-state index in [1.807, 2.05) is 36.6 Å². The summed E-state index contributed by atoms with van der Waals surface area (Å²) in [5.74, 6) is 1.23. The number of aryl methyl sites for hydroxylation is 1. The molecule has 0 saturated carbocycles. The van der Waals surface area contributed by atoms with Gasteiger partial charge in [-0.15, -0.1) is 10.2 Å². The summed E-state index contributed by atoms with van der Waals surface area (Å²) in [4.78, 5) is 15.2. The van der Waals surface area contributed by atoms with Gasteiger partial charge in [0.2, 0.25) is 0 Å². The first kappa shape index (κ1) is 18.6. The van der Waals surface area contributed by atoms with Gasteiger partial charge in [0.15, 0.2) is 11.6 Å². The predicted octanol–water partition coefficient (Wildman–Crippen LogP) is 4.18. The second-order valence-corrected chi connectivity index (χ2v) is 7.05. The summed E-state index contributed by atoms with van der Waals surface area (Å²) in [6.45, 7) is 2.44. The summed E-state index contributed by atoms with van der Waals surface area (Å²) >= 11 is 12.4. The molecule has 3 rings (SSSR count). The quantitative estimate of drug-likeness (QED) is 0.615. The van der Waals surface area contributed by atoms with Gasteiger partial charge in [-0.25, -0.2) is 0 Å². The highest BCUT2D eigenvalue weighted by atomic mass is 35.5. The number of nitrogens with zero attached hydrogens (tertiary/aromatic N) is 4. The van der Waals surface area contributed by atoms with Crippen molar-refractivity contribution in [1.29, 1.82) is 0 Å². The average Bonchev–Trinajstić information content (AvgIpc) is 2.94. The number of carbonyl (C=O) groups is 1. The lowest BCUT2D eigenvalue weighted by Gasteiger charge is -2.16. The zero-order valence-electron chi connectivity index (χ0n) is 14.7. The number of carbonyl (C=O) groups excluding carboxylic acids is 1. The molecule has 0 atom stereocenters. The normalized spacial score (nSPS) is 11.2. The zero-order valence-corrected chi connectivity index (χ0v) is 16.2. The van der Waals surface area contributed by atoms with Gasteiger partial charge in [-0.3, -0.25) is 9.36 Å². The number of halogens is 2. The first-order valence-electron chi connectivity index (χ1n) is 8.03. The van der Waals surface area contributed by atoms with E-state index in [0.717, 1.165) is 5.82 Å². The monoisotopic (exact) mass is 388 g/mol. The standard InChI is InChI=1S/C19H18Cl2N4O/c1-12-22-23-18(11-24(2)3)25(12)17-9-8-13(20)10-15(17)19(26)14-6-4-5-7-16(14)21/h4-10H,11H2,1-3H3. The molecule has 2 aromatic carbocycles. The lowest BCUT2D eigenvalue weighted by atomic mass is 10.0. The Hall–Kier alpha value is -2.21. The van der Waals surface area contributed by atoms with E-state index in [9.17, 15) is 4.79 Å². The second kappa shape index (κ2) is 7.58. The molecule has 0 spiro atoms. The first-order chi connectivity index (χ1) is 12.4. The predicted molar refractivity (Wildman–Crippen MR) is 103 cm³/mol. The Labute approximate surface area is 162 Å². The Balaban J connectivity index is 2.18. The third-order valence-corrected chi connectivity index (χ3v) is 4.48. The highest BCUT2D eigenvalue weighted by Crippen LogP contribution is 2.27. The maximum absolute atomic E-state index is 13.2. The van der Waals surface area contributed by atoms with E-state index in [0.29, 0.717) is 39.2 Å². The molecule has 0 aliphatic heterocycles. The molecule has 0 saturated heterocycles. The van der Waals surface area contributed by atoms with Crippen molar-refractivity contribution in [1.82, 2.24) is 19.7 Å². The topological polar surface area (TPSA) is 51.0 Å². The summed E-state index contributed by atoms with van der Waals surface area (Å²) in [7, 11) is 3.90. The fraction of sp³-hybridized carbons (Fsp3) is 0.211. The van der Waals surface area contributed by atoms with Crippen LogP contribution in [0.25, 0.3) is 5.69 Å². The SMILES string of the molecule is Cc1nnc(CN(C)C)n1-c1ccc(Cl)cc1C(=O)c1ccccc1Cl. The Morgan fingerprint density at radius 1 is 1.08 bits per heavy atom. The van der Waals surface area contributed by atoms with Crippen molar-refractivity contribution in [3.8, 4) is 5.69 Å². The third kappa shape index (κ3) is 3.65. The summed E-state index contributed by atoms with van der Waals surface area (Å²) in [6, 6.07) is 12.2. The molecule has 0 fully saturated rings. The molecule has 0 bridgehead atoms. The lowest BCUT2D eigenvalue weighted by molar-refractivity contribution is 0.103. The summed E-state index contributed by atoms with van der Waals surface area (Å²) in [5.41, 5.74) is 1.56. The number of ketones is 1. The molecule has 26 heavy (non-hydrogen) atoms. The van der Waals surface area contributed by atoms with Crippen molar-refractivity contribution in [2.24, 2.45) is 0 Å². The number of hydrogen-bond acceptors (Lipinski definition) is 4. The van der Waals surface area contributed by atoms with Crippen LogP contribution in [0.4, 0.5) is 0 Å². The van der Waals surface area contributed by atoms with Crippen LogP contribution in [0.3, 0.4) is 0 Å². The Morgan fingerprint density at radius 3 is 2.50 bits per heavy atom. The highest BCUT2D eigenvalue weighted by molar-refractivity contribution is 6.35. The van der Waals surface area contributed by atoms with Crippen LogP contribution in [0.2, 0.25) is 10.0 Å². The Morgan fingerprint density at radius 2 is 1.81 bits per heavy atom. The molecule has 134 valence electrons. The van der Waals surface area contributed by atoms with Gasteiger partial charge in [-0.05, 0) is 51.4 Å². The van der Waals surface area contributed by atoms with E-state index in [4.69, 9.17) is 23.2 Å². The maximum Gasteiger partial charge on any atom is 0.196 e. The van der Waals surface area contributed by atoms with Crippen LogP contribution in [0.15, 0.2) is 42.5 Å². The molecule has 7 heteroatoms. The van der Waals surface area contributed by atoms with Gasteiger partial charge in [0, 0.05) is 16.1 Å². The minimum Gasteiger partial charge on any atom is -0.302 e. The minimum absolute atomic E-state index is 0.197. The van der Waals surface area contributed by atoms with Gasteiger partial charge in [0.25, 0.3) is 0 Å². The summed E-state index contributed by atoms with van der Waals surface area (Å²) in [6.07, 6.45) is 0. The van der Waals surface area contributed by atoms with Gasteiger partial charge < -0.3 is 4.90 Å². The third-order valence-electron chi connectivity index (χ3n) is 3.91. The molecule has 0 unspecified atom stereocenters. The van der Waals surface area contributed by atoms with Crippen molar-refractivity contribution < 1.29 is 4.79 Å². The van der Waals surface area contributed by atoms with E-state index in [1.165, 1.54) is 0 Å². The fourth-order valence-corrected chi connectivity index (χ4v) is 3.17. The van der Waals surface area contributed by atoms with Crippen molar-refractivity contribution in [3.63, 3.8) is 0 Å². The van der Waals surface area contributed by atoms with Gasteiger partial charge >= 0.3 is 0 Å². The largest absolute Gasteiger partial charge is 0.302 e. The summed E-state index contributed by atoms with van der Waals surface area (Å²) in [5, 5.41) is 9.30. The van der Waals surface area contributed by atoms with Gasteiger partial charge in [-0.1, -0.05) is 35.3 Å². The van der Waals surface area contributed by atoms with Crippen molar-refractivity contribution >= 4 is 29.0 Å². The van der Waals surface area contributed by atoms with E-state index in [-0.39, 0.29) is 5.78 Å². The van der Waals surface area contributed by atoms with Crippen LogP contribution < -0.4 is 0 Å². The smallest absolute Gasteiger partial charge is 0.196 e. The van der Waals surface area contributed by atoms with Crippen molar-refractivity contribution in [3.05, 3.63) is 75.3 Å². The average molecular weight is 389 g/mol. The first-order valence-corrected chi connectivity index (χ1v) is 8.79. The van der Waals surface area contributed by atoms with E-state index >= 15 is 0 Å². The molecule has 0 amide bonds. The van der Waals surface area contributed by atoms with Crippen LogP contribution in [0.5, 0.6) is 0 Å². The summed E-state index contributed by atoms with van der Waals surface area (Å²) < 4.78 is 1.88. The van der Waals surface area contributed by atoms with Crippen LogP contribution in [0.1, 0.15) is 27.6 Å². The van der Waals surface area contributed by atoms with Crippen LogP contribution in [-0.4, -0.2) is 39.5 Å². The van der Waals surface area contributed by atoms with Crippen molar-refractivity contribution in [2.75, 3.05) is 14.1 Å². The van der Waals surface area contributed by atoms with E-state index in [2.05, 4.69) is 10.2 Å². The van der Waals surface area contributed by atoms with Crippen LogP contribution in [-0.2, 0) is 6.54 Å². The fourth-order valence-electron chi connectivity index (χ4n) is 2.78. The van der Waals surface area contributed by atoms with Gasteiger partial charge in [0.05, 0.1) is 17.3 Å². The van der Waals surface area contributed by atoms with Gasteiger partial charge in [-0.2, -0.15) is 0 Å². The minimum atomic E-state index is -0.197. The van der Waals surface area contributed by atoms with Crippen LogP contribution >= 0.6 is 23.2 Å². The number of rotatable bonds is 5. The van der Waals surface area contributed by atoms with E-state index < -0.39 is 0 Å². The molecule has 1 aromatic heterocycles. The molecule has 0 N–H and O–H groups in total. The molecule has 5 nitrogen and oxygen atoms in total. The Bertz CT molecular complexity index is 966. The van der Waals surface area contributed by atoms with Crippen LogP contribution in [0, 0.1) is 6.92 Å². The number of hydrogen-bond donors (Lipinski definition) is 0. The second-order valence-electron chi connectivity index (χ2n) is 6.21. The maximum atomic E-state index is 13.2. The molecule has 0 radical (unpaired) electrons. The molecular formula is C19H18Cl2N4O. The van der Waals surface area contributed by atoms with E-state index in [1.54, 1.807) is 36.4 Å². The highest BCUT2D eigenvalue weighted by Gasteiger charge is 2.21. The van der Waals surface area contributed by atoms with Gasteiger partial charge in [0.1, 0.15) is 5.82 Å². The number of benzene rings is 2. The lowest BCUT2D eigenvalue weighted by Crippen LogP contribution is -2.17. The molecule has 3 aromatic rings. The van der Waals surface area contributed by atoms with Crippen molar-refractivity contribution in [2.45, 2.75) is 13.5 Å². The molecule has 0 aliphatic carbocycles. The molecule has 1 heterocycles. The molecule has 0 aliphatic rings.